The van der Waals surface area contributed by atoms with Gasteiger partial charge in [-0.15, -0.1) is 0 Å². The second-order valence-electron chi connectivity index (χ2n) is 10.1. The molecule has 8 heteroatoms. The van der Waals surface area contributed by atoms with E-state index in [0.717, 1.165) is 48.6 Å². The number of aromatic nitrogens is 1. The van der Waals surface area contributed by atoms with E-state index in [9.17, 15) is 14.0 Å². The van der Waals surface area contributed by atoms with Gasteiger partial charge in [0.25, 0.3) is 0 Å². The van der Waals surface area contributed by atoms with Crippen LogP contribution in [0.3, 0.4) is 0 Å². The fourth-order valence-corrected chi connectivity index (χ4v) is 5.59. The Morgan fingerprint density at radius 2 is 1.74 bits per heavy atom. The molecule has 1 atom stereocenters. The summed E-state index contributed by atoms with van der Waals surface area (Å²) >= 11 is 0. The summed E-state index contributed by atoms with van der Waals surface area (Å²) in [6.07, 6.45) is 6.95. The predicted octanol–water partition coefficient (Wildman–Crippen LogP) is 5.80. The lowest BCUT2D eigenvalue weighted by atomic mass is 9.94. The normalized spacial score (nSPS) is 15.7. The number of anilines is 1. The Morgan fingerprint density at radius 1 is 0.974 bits per heavy atom. The number of amides is 2. The number of aromatic amines is 1. The van der Waals surface area contributed by atoms with Crippen LogP contribution in [0.1, 0.15) is 49.3 Å². The fourth-order valence-electron chi connectivity index (χ4n) is 5.59. The number of para-hydroxylation sites is 1. The summed E-state index contributed by atoms with van der Waals surface area (Å²) in [5.74, 6) is 0.103. The van der Waals surface area contributed by atoms with Crippen LogP contribution in [0.5, 0.6) is 11.5 Å². The Bertz CT molecular complexity index is 1490. The number of carbonyl (C=O) groups excluding carboxylic acids is 2. The number of nitrogens with one attached hydrogen (secondary N) is 2. The van der Waals surface area contributed by atoms with E-state index in [-0.39, 0.29) is 31.1 Å². The molecule has 39 heavy (non-hydrogen) atoms. The molecule has 4 aromatic rings. The number of hydrogen-bond acceptors (Lipinski definition) is 4. The highest BCUT2D eigenvalue weighted by Crippen LogP contribution is 2.39. The summed E-state index contributed by atoms with van der Waals surface area (Å²) in [4.78, 5) is 33.0. The molecule has 1 saturated carbocycles. The molecule has 2 heterocycles. The van der Waals surface area contributed by atoms with Gasteiger partial charge >= 0.3 is 0 Å². The molecule has 0 unspecified atom stereocenters. The third kappa shape index (κ3) is 5.19. The van der Waals surface area contributed by atoms with Gasteiger partial charge in [-0.25, -0.2) is 4.39 Å². The van der Waals surface area contributed by atoms with Crippen molar-refractivity contribution in [1.82, 2.24) is 10.3 Å². The van der Waals surface area contributed by atoms with Gasteiger partial charge in [0.1, 0.15) is 11.9 Å². The average Bonchev–Trinajstić information content (AvgIpc) is 3.59. The van der Waals surface area contributed by atoms with Crippen LogP contribution in [-0.2, 0) is 16.0 Å². The highest BCUT2D eigenvalue weighted by molar-refractivity contribution is 6.03. The quantitative estimate of drug-likeness (QED) is 0.318. The summed E-state index contributed by atoms with van der Waals surface area (Å²) in [5, 5.41) is 4.14. The lowest BCUT2D eigenvalue weighted by Gasteiger charge is -2.33. The lowest BCUT2D eigenvalue weighted by molar-refractivity contribution is -0.127. The minimum Gasteiger partial charge on any atom is -0.454 e. The smallest absolute Gasteiger partial charge is 0.248 e. The monoisotopic (exact) mass is 527 g/mol. The number of hydrogen-bond donors (Lipinski definition) is 2. The van der Waals surface area contributed by atoms with Crippen molar-refractivity contribution in [3.05, 3.63) is 89.9 Å². The van der Waals surface area contributed by atoms with Crippen molar-refractivity contribution in [3.63, 3.8) is 0 Å². The van der Waals surface area contributed by atoms with Gasteiger partial charge in [-0.3, -0.25) is 14.5 Å². The van der Waals surface area contributed by atoms with Crippen LogP contribution in [-0.4, -0.2) is 29.6 Å². The zero-order valence-corrected chi connectivity index (χ0v) is 21.5. The zero-order valence-electron chi connectivity index (χ0n) is 21.5. The first-order valence-corrected chi connectivity index (χ1v) is 13.4. The second-order valence-corrected chi connectivity index (χ2v) is 10.1. The van der Waals surface area contributed by atoms with Crippen molar-refractivity contribution in [2.24, 2.45) is 0 Å². The lowest BCUT2D eigenvalue weighted by Crippen LogP contribution is -2.47. The highest BCUT2D eigenvalue weighted by atomic mass is 19.1. The Morgan fingerprint density at radius 3 is 2.56 bits per heavy atom. The average molecular weight is 528 g/mol. The van der Waals surface area contributed by atoms with Gasteiger partial charge in [0.05, 0.1) is 6.42 Å². The van der Waals surface area contributed by atoms with Gasteiger partial charge in [0.2, 0.25) is 18.6 Å². The van der Waals surface area contributed by atoms with Crippen LogP contribution in [0.4, 0.5) is 10.1 Å². The molecule has 1 fully saturated rings. The van der Waals surface area contributed by atoms with E-state index < -0.39 is 11.9 Å². The number of H-pyrrole nitrogens is 1. The molecule has 2 N–H and O–H groups in total. The van der Waals surface area contributed by atoms with Crippen LogP contribution in [0, 0.1) is 5.82 Å². The van der Waals surface area contributed by atoms with Crippen molar-refractivity contribution in [3.8, 4) is 11.5 Å². The molecule has 1 aliphatic carbocycles. The number of rotatable bonds is 7. The number of nitrogens with zero attached hydrogens (tertiary/aromatic N) is 1. The van der Waals surface area contributed by atoms with Gasteiger partial charge < -0.3 is 19.8 Å². The number of benzene rings is 3. The fraction of sp³-hybridized carbons (Fsp3) is 0.290. The van der Waals surface area contributed by atoms with Crippen LogP contribution < -0.4 is 19.7 Å². The molecule has 0 spiro atoms. The van der Waals surface area contributed by atoms with Crippen molar-refractivity contribution < 1.29 is 23.5 Å². The van der Waals surface area contributed by atoms with Crippen LogP contribution in [0.25, 0.3) is 10.9 Å². The summed E-state index contributed by atoms with van der Waals surface area (Å²) in [6, 6.07) is 17.8. The molecule has 3 aromatic carbocycles. The predicted molar refractivity (Wildman–Crippen MR) is 146 cm³/mol. The minimum absolute atomic E-state index is 0.0384. The number of halogens is 1. The third-order valence-electron chi connectivity index (χ3n) is 7.56. The van der Waals surface area contributed by atoms with Gasteiger partial charge in [-0.1, -0.05) is 49.6 Å². The number of carbonyl (C=O) groups is 2. The van der Waals surface area contributed by atoms with Crippen molar-refractivity contribution >= 4 is 28.4 Å². The Balaban J connectivity index is 1.42. The molecule has 1 aromatic heterocycles. The van der Waals surface area contributed by atoms with Gasteiger partial charge in [0, 0.05) is 34.9 Å². The summed E-state index contributed by atoms with van der Waals surface area (Å²) < 4.78 is 25.0. The molecular weight excluding hydrogens is 497 g/mol. The third-order valence-corrected chi connectivity index (χ3v) is 7.56. The van der Waals surface area contributed by atoms with Crippen molar-refractivity contribution in [2.45, 2.75) is 50.6 Å². The first kappa shape index (κ1) is 25.0. The summed E-state index contributed by atoms with van der Waals surface area (Å²) in [7, 11) is 0. The van der Waals surface area contributed by atoms with E-state index in [4.69, 9.17) is 9.47 Å². The largest absolute Gasteiger partial charge is 0.454 e. The van der Waals surface area contributed by atoms with E-state index in [2.05, 4.69) is 10.3 Å². The molecule has 200 valence electrons. The number of ether oxygens (including phenoxy) is 2. The first-order chi connectivity index (χ1) is 19.1. The van der Waals surface area contributed by atoms with Gasteiger partial charge in [-0.05, 0) is 54.3 Å². The van der Waals surface area contributed by atoms with Gasteiger partial charge in [-0.2, -0.15) is 0 Å². The van der Waals surface area contributed by atoms with Crippen LogP contribution >= 0.6 is 0 Å². The van der Waals surface area contributed by atoms with Crippen molar-refractivity contribution in [1.29, 1.82) is 0 Å². The van der Waals surface area contributed by atoms with E-state index >= 15 is 0 Å². The first-order valence-electron chi connectivity index (χ1n) is 13.4. The maximum absolute atomic E-state index is 14.2. The van der Waals surface area contributed by atoms with E-state index in [1.165, 1.54) is 17.0 Å². The molecule has 0 bridgehead atoms. The van der Waals surface area contributed by atoms with Gasteiger partial charge in [0.15, 0.2) is 11.5 Å². The maximum atomic E-state index is 14.2. The van der Waals surface area contributed by atoms with Crippen molar-refractivity contribution in [2.75, 3.05) is 11.7 Å². The van der Waals surface area contributed by atoms with E-state index in [1.54, 1.807) is 30.3 Å². The number of fused-ring (bicyclic) bond motifs is 2. The Kier molecular flexibility index (Phi) is 6.92. The highest BCUT2D eigenvalue weighted by Gasteiger charge is 2.35. The standard InChI is InChI=1S/C31H30FN3O4/c32-22-12-10-20(11-13-22)30(31(37)34-23-6-2-1-3-7-23)35(24-14-15-27-28(17-24)39-19-38-27)29(36)16-21-18-33-26-9-5-4-8-25(21)26/h4-5,8-15,17-18,23,30,33H,1-3,6-7,16,19H2,(H,34,37)/t30-/m0/s1. The summed E-state index contributed by atoms with van der Waals surface area (Å²) in [6.45, 7) is 0.0889. The Hall–Kier alpha value is -4.33. The summed E-state index contributed by atoms with van der Waals surface area (Å²) in [5.41, 5.74) is 2.78. The molecule has 2 amide bonds. The van der Waals surface area contributed by atoms with Crippen LogP contribution in [0.15, 0.2) is 72.9 Å². The molecular formula is C31H30FN3O4. The minimum atomic E-state index is -1.01. The molecule has 2 aliphatic rings. The molecule has 7 nitrogen and oxygen atoms in total. The molecule has 0 radical (unpaired) electrons. The topological polar surface area (TPSA) is 83.7 Å². The second kappa shape index (κ2) is 10.8. The van der Waals surface area contributed by atoms with E-state index in [0.29, 0.717) is 22.7 Å². The molecule has 1 aliphatic heterocycles. The molecule has 6 rings (SSSR count). The van der Waals surface area contributed by atoms with E-state index in [1.807, 2.05) is 30.5 Å². The maximum Gasteiger partial charge on any atom is 0.248 e. The zero-order chi connectivity index (χ0) is 26.8. The molecule has 0 saturated heterocycles. The SMILES string of the molecule is O=C(NC1CCCCC1)[C@H](c1ccc(F)cc1)N(C(=O)Cc1c[nH]c2ccccc12)c1ccc2c(c1)OCO2. The Labute approximate surface area is 225 Å². The van der Waals surface area contributed by atoms with Crippen LogP contribution in [0.2, 0.25) is 0 Å².